The van der Waals surface area contributed by atoms with Crippen LogP contribution in [0.3, 0.4) is 0 Å². The van der Waals surface area contributed by atoms with Crippen molar-refractivity contribution in [1.29, 1.82) is 0 Å². The first-order valence-electron chi connectivity index (χ1n) is 8.77. The Balaban J connectivity index is 1.55. The molecule has 134 valence electrons. The molecular weight excluding hydrogens is 318 g/mol. The van der Waals surface area contributed by atoms with Crippen molar-refractivity contribution in [3.05, 3.63) is 30.7 Å². The Bertz CT molecular complexity index is 689. The van der Waals surface area contributed by atoms with Crippen molar-refractivity contribution in [2.45, 2.75) is 19.8 Å². The molecule has 0 aliphatic carbocycles. The van der Waals surface area contributed by atoms with E-state index in [1.165, 1.54) is 6.39 Å². The van der Waals surface area contributed by atoms with Crippen molar-refractivity contribution in [2.75, 3.05) is 38.5 Å². The third-order valence-electron chi connectivity index (χ3n) is 4.48. The smallest absolute Gasteiger partial charge is 0.321 e. The van der Waals surface area contributed by atoms with Gasteiger partial charge in [-0.2, -0.15) is 4.98 Å². The highest BCUT2D eigenvalue weighted by Crippen LogP contribution is 2.21. The van der Waals surface area contributed by atoms with Gasteiger partial charge in [0.05, 0.1) is 0 Å². The van der Waals surface area contributed by atoms with Crippen molar-refractivity contribution >= 4 is 11.7 Å². The monoisotopic (exact) mass is 343 g/mol. The Kier molecular flexibility index (Phi) is 5.65. The molecule has 7 nitrogen and oxygen atoms in total. The summed E-state index contributed by atoms with van der Waals surface area (Å²) >= 11 is 0. The SMILES string of the molecule is CCCN(C)C[C@@H]1CCN(C(=O)Nc2cccc(-c3ncon3)c2)C1. The summed E-state index contributed by atoms with van der Waals surface area (Å²) in [5.41, 5.74) is 1.55. The summed E-state index contributed by atoms with van der Waals surface area (Å²) in [6.07, 6.45) is 3.51. The maximum absolute atomic E-state index is 12.5. The number of nitrogens with one attached hydrogen (secondary N) is 1. The molecule has 1 fully saturated rings. The lowest BCUT2D eigenvalue weighted by Crippen LogP contribution is -2.34. The Morgan fingerprint density at radius 2 is 2.36 bits per heavy atom. The summed E-state index contributed by atoms with van der Waals surface area (Å²) in [6, 6.07) is 7.42. The Morgan fingerprint density at radius 1 is 1.48 bits per heavy atom. The Morgan fingerprint density at radius 3 is 3.12 bits per heavy atom. The molecule has 0 bridgehead atoms. The molecule has 0 unspecified atom stereocenters. The molecule has 2 amide bonds. The van der Waals surface area contributed by atoms with Gasteiger partial charge in [0.25, 0.3) is 0 Å². The number of aromatic nitrogens is 2. The first-order valence-corrected chi connectivity index (χ1v) is 8.77. The minimum atomic E-state index is -0.0501. The summed E-state index contributed by atoms with van der Waals surface area (Å²) in [5.74, 6) is 1.06. The second kappa shape index (κ2) is 8.11. The van der Waals surface area contributed by atoms with Gasteiger partial charge in [-0.05, 0) is 44.5 Å². The van der Waals surface area contributed by atoms with Gasteiger partial charge in [-0.15, -0.1) is 0 Å². The average Bonchev–Trinajstić information content (AvgIpc) is 3.27. The molecule has 25 heavy (non-hydrogen) atoms. The number of carbonyl (C=O) groups is 1. The van der Waals surface area contributed by atoms with Crippen LogP contribution in [0.15, 0.2) is 35.2 Å². The van der Waals surface area contributed by atoms with E-state index in [-0.39, 0.29) is 6.03 Å². The van der Waals surface area contributed by atoms with Crippen molar-refractivity contribution < 1.29 is 9.32 Å². The quantitative estimate of drug-likeness (QED) is 0.873. The highest BCUT2D eigenvalue weighted by atomic mass is 16.5. The Hall–Kier alpha value is -2.41. The minimum absolute atomic E-state index is 0.0501. The fourth-order valence-electron chi connectivity index (χ4n) is 3.32. The van der Waals surface area contributed by atoms with Gasteiger partial charge in [0.1, 0.15) is 0 Å². The first-order chi connectivity index (χ1) is 12.2. The highest BCUT2D eigenvalue weighted by molar-refractivity contribution is 5.90. The van der Waals surface area contributed by atoms with Gasteiger partial charge in [-0.25, -0.2) is 4.79 Å². The number of amides is 2. The molecule has 0 spiro atoms. The molecular formula is C18H25N5O2. The van der Waals surface area contributed by atoms with Gasteiger partial charge in [-0.1, -0.05) is 24.2 Å². The van der Waals surface area contributed by atoms with Gasteiger partial charge < -0.3 is 19.6 Å². The maximum atomic E-state index is 12.5. The average molecular weight is 343 g/mol. The molecule has 0 radical (unpaired) electrons. The van der Waals surface area contributed by atoms with Crippen LogP contribution in [-0.2, 0) is 0 Å². The van der Waals surface area contributed by atoms with Crippen LogP contribution in [0.5, 0.6) is 0 Å². The van der Waals surface area contributed by atoms with E-state index in [0.717, 1.165) is 50.3 Å². The Labute approximate surface area is 148 Å². The molecule has 1 atom stereocenters. The third-order valence-corrected chi connectivity index (χ3v) is 4.48. The van der Waals surface area contributed by atoms with Crippen molar-refractivity contribution in [1.82, 2.24) is 19.9 Å². The molecule has 0 saturated carbocycles. The highest BCUT2D eigenvalue weighted by Gasteiger charge is 2.27. The number of hydrogen-bond donors (Lipinski definition) is 1. The zero-order valence-electron chi connectivity index (χ0n) is 14.8. The van der Waals surface area contributed by atoms with Crippen molar-refractivity contribution in [3.8, 4) is 11.4 Å². The lowest BCUT2D eigenvalue weighted by molar-refractivity contribution is 0.217. The van der Waals surface area contributed by atoms with Crippen LogP contribution in [0, 0.1) is 5.92 Å². The zero-order valence-corrected chi connectivity index (χ0v) is 14.8. The number of urea groups is 1. The van der Waals surface area contributed by atoms with E-state index < -0.39 is 0 Å². The lowest BCUT2D eigenvalue weighted by Gasteiger charge is -2.21. The second-order valence-electron chi connectivity index (χ2n) is 6.63. The number of anilines is 1. The third kappa shape index (κ3) is 4.57. The summed E-state index contributed by atoms with van der Waals surface area (Å²) in [5, 5.41) is 6.80. The van der Waals surface area contributed by atoms with Crippen LogP contribution in [0.25, 0.3) is 11.4 Å². The van der Waals surface area contributed by atoms with Crippen LogP contribution in [0.1, 0.15) is 19.8 Å². The second-order valence-corrected chi connectivity index (χ2v) is 6.63. The topological polar surface area (TPSA) is 74.5 Å². The minimum Gasteiger partial charge on any atom is -0.342 e. The number of hydrogen-bond acceptors (Lipinski definition) is 5. The number of rotatable bonds is 6. The summed E-state index contributed by atoms with van der Waals surface area (Å²) in [7, 11) is 2.15. The van der Waals surface area contributed by atoms with Gasteiger partial charge >= 0.3 is 6.03 Å². The molecule has 2 heterocycles. The van der Waals surface area contributed by atoms with Crippen LogP contribution < -0.4 is 5.32 Å². The van der Waals surface area contributed by atoms with Gasteiger partial charge in [0.2, 0.25) is 12.2 Å². The van der Waals surface area contributed by atoms with Crippen molar-refractivity contribution in [2.24, 2.45) is 5.92 Å². The molecule has 7 heteroatoms. The number of likely N-dealkylation sites (tertiary alicyclic amines) is 1. The van der Waals surface area contributed by atoms with Crippen LogP contribution >= 0.6 is 0 Å². The van der Waals surface area contributed by atoms with Gasteiger partial charge in [0.15, 0.2) is 0 Å². The molecule has 1 saturated heterocycles. The van der Waals surface area contributed by atoms with Gasteiger partial charge in [-0.3, -0.25) is 0 Å². The van der Waals surface area contributed by atoms with E-state index in [4.69, 9.17) is 4.52 Å². The predicted molar refractivity (Wildman–Crippen MR) is 96.2 cm³/mol. The van der Waals surface area contributed by atoms with Crippen LogP contribution in [0.4, 0.5) is 10.5 Å². The maximum Gasteiger partial charge on any atom is 0.321 e. The predicted octanol–water partition coefficient (Wildman–Crippen LogP) is 2.93. The molecule has 2 aromatic rings. The normalized spacial score (nSPS) is 17.2. The van der Waals surface area contributed by atoms with E-state index in [2.05, 4.69) is 34.3 Å². The first kappa shape index (κ1) is 17.4. The summed E-state index contributed by atoms with van der Waals surface area (Å²) in [4.78, 5) is 20.8. The van der Waals surface area contributed by atoms with E-state index >= 15 is 0 Å². The number of benzene rings is 1. The number of carbonyl (C=O) groups excluding carboxylic acids is 1. The zero-order chi connectivity index (χ0) is 17.6. The fourth-order valence-corrected chi connectivity index (χ4v) is 3.32. The summed E-state index contributed by atoms with van der Waals surface area (Å²) < 4.78 is 4.77. The largest absolute Gasteiger partial charge is 0.342 e. The molecule has 1 N–H and O–H groups in total. The van der Waals surface area contributed by atoms with Crippen molar-refractivity contribution in [3.63, 3.8) is 0 Å². The molecule has 1 aromatic heterocycles. The summed E-state index contributed by atoms with van der Waals surface area (Å²) in [6.45, 7) is 5.95. The standard InChI is InChI=1S/C18H25N5O2/c1-3-8-22(2)11-14-7-9-23(12-14)18(24)20-16-6-4-5-15(10-16)17-19-13-25-21-17/h4-6,10,13-14H,3,7-9,11-12H2,1-2H3,(H,20,24)/t14-/m0/s1. The molecule has 1 aromatic carbocycles. The lowest BCUT2D eigenvalue weighted by atomic mass is 10.1. The van der Waals surface area contributed by atoms with E-state index in [9.17, 15) is 4.79 Å². The van der Waals surface area contributed by atoms with E-state index in [0.29, 0.717) is 11.7 Å². The molecule has 3 rings (SSSR count). The number of nitrogens with zero attached hydrogens (tertiary/aromatic N) is 4. The van der Waals surface area contributed by atoms with E-state index in [1.807, 2.05) is 29.2 Å². The van der Waals surface area contributed by atoms with Gasteiger partial charge in [0, 0.05) is 30.9 Å². The molecule has 1 aliphatic rings. The van der Waals surface area contributed by atoms with Crippen LogP contribution in [-0.4, -0.2) is 59.2 Å². The molecule has 1 aliphatic heterocycles. The van der Waals surface area contributed by atoms with Crippen LogP contribution in [0.2, 0.25) is 0 Å². The fraction of sp³-hybridized carbons (Fsp3) is 0.500. The van der Waals surface area contributed by atoms with E-state index in [1.54, 1.807) is 0 Å².